The van der Waals surface area contributed by atoms with Crippen LogP contribution in [0.5, 0.6) is 0 Å². The number of allylic oxidation sites excluding steroid dienone is 8. The van der Waals surface area contributed by atoms with Crippen molar-refractivity contribution in [3.8, 4) is 0 Å². The van der Waals surface area contributed by atoms with E-state index in [1.165, 1.54) is 75.8 Å². The van der Waals surface area contributed by atoms with Crippen LogP contribution in [0.2, 0.25) is 25.1 Å². The number of nitrogens with one attached hydrogen (secondary N) is 1. The Balaban J connectivity index is 0. The van der Waals surface area contributed by atoms with Crippen LogP contribution in [-0.4, -0.2) is 174 Å². The third-order valence-corrected chi connectivity index (χ3v) is 26.2. The number of carbonyl (C=O) groups excluding carboxylic acids is 5. The number of aliphatic hydroxyl groups is 2. The zero-order valence-electron chi connectivity index (χ0n) is 84.4. The molecule has 2 saturated heterocycles. The van der Waals surface area contributed by atoms with E-state index in [4.69, 9.17) is 117 Å². The zero-order chi connectivity index (χ0) is 101. The van der Waals surface area contributed by atoms with E-state index in [2.05, 4.69) is 208 Å². The smallest absolute Gasteiger partial charge is 1.00 e. The first kappa shape index (κ1) is 135. The minimum absolute atomic E-state index is 0. The molecule has 0 atom stereocenters. The molecule has 5 aromatic carbocycles. The van der Waals surface area contributed by atoms with E-state index in [-0.39, 0.29) is 85.6 Å². The summed E-state index contributed by atoms with van der Waals surface area (Å²) in [6.07, 6.45) is 21.8. The number of ketones is 1. The Kier molecular flexibility index (Phi) is 65.5. The minimum Gasteiger partial charge on any atom is -1.00 e. The Morgan fingerprint density at radius 3 is 1.09 bits per heavy atom. The second-order valence-electron chi connectivity index (χ2n) is 41.0. The van der Waals surface area contributed by atoms with Crippen molar-refractivity contribution in [2.45, 2.75) is 262 Å². The number of hydrogen-bond donors (Lipinski definition) is 5. The third-order valence-electron chi connectivity index (χ3n) is 23.5. The summed E-state index contributed by atoms with van der Waals surface area (Å²) < 4.78 is 10.9. The topological polar surface area (TPSA) is 206 Å². The van der Waals surface area contributed by atoms with E-state index < -0.39 is 17.0 Å². The zero-order valence-corrected chi connectivity index (χ0v) is 101. The van der Waals surface area contributed by atoms with Gasteiger partial charge in [-0.3, -0.25) is 19.3 Å². The fraction of sp³-hybridized carbons (Fsp3) is 0.563. The maximum Gasteiger partial charge on any atom is 1.00 e. The van der Waals surface area contributed by atoms with E-state index in [0.29, 0.717) is 43.3 Å². The molecule has 5 aromatic rings. The van der Waals surface area contributed by atoms with Crippen molar-refractivity contribution in [1.82, 2.24) is 20.0 Å². The number of ether oxygens (including phenoxy) is 2. The van der Waals surface area contributed by atoms with Crippen LogP contribution in [0.1, 0.15) is 270 Å². The molecule has 5 N–H and O–H groups in total. The minimum atomic E-state index is -1.41. The molecule has 0 aromatic heterocycles. The molecule has 6 aliphatic carbocycles. The quantitative estimate of drug-likeness (QED) is 0.0362. The molecule has 2 aliphatic heterocycles. The summed E-state index contributed by atoms with van der Waals surface area (Å²) in [5.74, 6) is 0.450. The number of alkyl halides is 4. The molecule has 13 rings (SSSR count). The molecule has 0 unspecified atom stereocenters. The molecule has 0 spiro atoms. The van der Waals surface area contributed by atoms with Gasteiger partial charge in [0, 0.05) is 128 Å². The molecule has 1 saturated carbocycles. The number of piperazine rings is 2. The molecular formula is C103H147B2Br5Cl9N4NaO11P. The van der Waals surface area contributed by atoms with Gasteiger partial charge >= 0.3 is 48.9 Å². The first-order valence-electron chi connectivity index (χ1n) is 45.4. The van der Waals surface area contributed by atoms with Crippen LogP contribution < -0.4 is 40.3 Å². The molecule has 755 valence electrons. The molecule has 15 nitrogen and oxygen atoms in total. The van der Waals surface area contributed by atoms with Crippen LogP contribution in [-0.2, 0) is 23.9 Å². The number of halogens is 14. The van der Waals surface area contributed by atoms with Crippen LogP contribution in [0.15, 0.2) is 154 Å². The number of nitrogens with zero attached hydrogens (tertiary/aromatic N) is 3. The number of rotatable bonds is 11. The number of benzene rings is 5. The van der Waals surface area contributed by atoms with Gasteiger partial charge in [-0.15, -0.1) is 12.4 Å². The number of Topliss-reactive ketones (excluding diaryl/α,β-unsaturated/α-hetero) is 1. The molecule has 33 heteroatoms. The molecule has 136 heavy (non-hydrogen) atoms. The van der Waals surface area contributed by atoms with E-state index in [0.717, 1.165) is 222 Å². The fourth-order valence-corrected chi connectivity index (χ4v) is 18.4. The number of carbonyl (C=O) groups is 5. The molecular weight excluding hydrogens is 2260 g/mol. The van der Waals surface area contributed by atoms with Gasteiger partial charge in [0.1, 0.15) is 33.6 Å². The van der Waals surface area contributed by atoms with Gasteiger partial charge in [0.2, 0.25) is 0 Å². The normalized spacial score (nSPS) is 18.4. The summed E-state index contributed by atoms with van der Waals surface area (Å²) in [4.78, 5) is 62.4. The van der Waals surface area contributed by atoms with Gasteiger partial charge in [-0.1, -0.05) is 280 Å². The summed E-state index contributed by atoms with van der Waals surface area (Å²) in [5, 5.41) is 41.6. The van der Waals surface area contributed by atoms with E-state index in [9.17, 15) is 29.1 Å². The summed E-state index contributed by atoms with van der Waals surface area (Å²) in [6, 6.07) is 38.6. The maximum absolute atomic E-state index is 12.3. The average Bonchev–Trinajstić information content (AvgIpc) is 0.820. The summed E-state index contributed by atoms with van der Waals surface area (Å²) >= 11 is 60.4. The summed E-state index contributed by atoms with van der Waals surface area (Å²) in [6.45, 7) is 46.3. The standard InChI is InChI=1S/C24H35ClN2O2.C15H18BrCl.C15H19ClO.C15H17ClO.C9H13BrO.C9H18N2O2.C8H14O.C6H6BClO2.CHCl3.CH4O.B.Br3P.ClH.Na.H/c1-23(2,3)29-22(28)27-14-12-26(13-15-27)17-19-10-11-24(4,5)16-21(19)18-6-8-20(25)9-7-18;1-15(2)8-7-12(10-16)14(9-15)11-3-5-13(17)6-4-11;2*1-15(2)8-7-12(10-17)14(9-15)11-3-5-13(16)6-4-11;1-9(2)4-3-7(6-11)8(10)5-9;1-9(2,3)13-8(12)11-6-4-10-5-7-11;1-8(2)5-3-4-7(9)6-8;8-6-3-1-5(2-4-6)7(9)10;2-1(3)4;1-2;;1-4(2)3;;;/h6-9H,10-17H2,1-5H3;3-6H,7-10H2,1-2H3;3-6,17H,7-10H2,1-2H3;3-6,10H,7-9H2,1-2H3;6H,3-5H2,1-2H3;10H,4-7H2,1-3H3;3-6H2,1-2H3;1-4,9-10H;1H;2H,1H3;;;1H;;/q;;;;;;;;;;;;;+1;-1. The second kappa shape index (κ2) is 66.1. The predicted molar refractivity (Wildman–Crippen MR) is 601 cm³/mol. The first-order valence-corrected chi connectivity index (χ1v) is 57.9. The summed E-state index contributed by atoms with van der Waals surface area (Å²) in [5.41, 5.74) is 18.2. The maximum atomic E-state index is 12.3. The van der Waals surface area contributed by atoms with E-state index >= 15 is 0 Å². The van der Waals surface area contributed by atoms with Gasteiger partial charge in [-0.25, -0.2) is 9.59 Å². The van der Waals surface area contributed by atoms with Crippen molar-refractivity contribution in [2.75, 3.05) is 77.9 Å². The Hall–Kier alpha value is -1.32. The fourth-order valence-electron chi connectivity index (χ4n) is 16.1. The number of aldehydes is 2. The predicted octanol–water partition coefficient (Wildman–Crippen LogP) is 28.6. The van der Waals surface area contributed by atoms with Gasteiger partial charge in [-0.05, 0) is 351 Å². The van der Waals surface area contributed by atoms with Crippen LogP contribution in [0.4, 0.5) is 9.59 Å². The Labute approximate surface area is 929 Å². The molecule has 2 heterocycles. The van der Waals surface area contributed by atoms with Gasteiger partial charge in [0.05, 0.1) is 6.61 Å². The number of amides is 2. The molecule has 8 aliphatic rings. The third kappa shape index (κ3) is 55.5. The van der Waals surface area contributed by atoms with Gasteiger partial charge < -0.3 is 46.3 Å². The Morgan fingerprint density at radius 1 is 0.478 bits per heavy atom. The molecule has 3 fully saturated rings. The van der Waals surface area contributed by atoms with Gasteiger partial charge in [-0.2, -0.15) is 0 Å². The SMILES string of the molecule is BrP(Br)Br.CC(C)(C)OC(=O)N1CCNCC1.CC1(C)CCC(C=O)=C(Br)C1.CC1(C)CCC(C=O)=C(c2ccc(Cl)cc2)C1.CC1(C)CCC(CBr)=C(c2ccc(Cl)cc2)C1.CC1(C)CCC(CN2CCN(C(=O)OC(C)(C)C)CC2)=C(c2ccc(Cl)cc2)C1.CC1(C)CCC(CO)=C(c2ccc(Cl)cc2)C1.CC1(C)CCCC(=O)C1.CO.Cl.ClC(Cl)Cl.OB(O)c1ccc(Cl)cc1.[B].[H-].[Na+]. The largest absolute Gasteiger partial charge is 1.00 e. The van der Waals surface area contributed by atoms with Crippen molar-refractivity contribution < 1.29 is 84.7 Å². The van der Waals surface area contributed by atoms with Crippen LogP contribution in [0.25, 0.3) is 22.3 Å². The molecule has 0 bridgehead atoms. The van der Waals surface area contributed by atoms with Crippen molar-refractivity contribution in [1.29, 1.82) is 0 Å². The number of aliphatic hydroxyl groups excluding tert-OH is 2. The van der Waals surface area contributed by atoms with Crippen LogP contribution in [0.3, 0.4) is 0 Å². The van der Waals surface area contributed by atoms with Crippen molar-refractivity contribution in [3.63, 3.8) is 0 Å². The summed E-state index contributed by atoms with van der Waals surface area (Å²) in [7, 11) is -0.405. The molecule has 3 radical (unpaired) electrons. The Bertz CT molecular complexity index is 4490. The Morgan fingerprint density at radius 2 is 0.772 bits per heavy atom. The molecule has 2 amide bonds. The van der Waals surface area contributed by atoms with Crippen molar-refractivity contribution in [2.24, 2.45) is 32.5 Å². The average molecular weight is 2410 g/mol. The monoisotopic (exact) mass is 2400 g/mol. The van der Waals surface area contributed by atoms with Gasteiger partial charge in [0.25, 0.3) is 0 Å². The second-order valence-corrected chi connectivity index (χ2v) is 62.0. The van der Waals surface area contributed by atoms with Crippen LogP contribution >= 0.6 is 188 Å². The number of hydrogen-bond acceptors (Lipinski definition) is 13. The van der Waals surface area contributed by atoms with Gasteiger partial charge in [0.15, 0.2) is 4.30 Å². The van der Waals surface area contributed by atoms with Crippen molar-refractivity contribution >= 4 is 261 Å². The first-order chi connectivity index (χ1) is 61.9. The van der Waals surface area contributed by atoms with E-state index in [1.54, 1.807) is 34.7 Å². The van der Waals surface area contributed by atoms with E-state index in [1.807, 2.05) is 107 Å². The van der Waals surface area contributed by atoms with Crippen LogP contribution in [0, 0.1) is 32.5 Å². The van der Waals surface area contributed by atoms with Crippen molar-refractivity contribution in [3.05, 3.63) is 201 Å².